The van der Waals surface area contributed by atoms with Crippen LogP contribution in [0.15, 0.2) is 18.2 Å². The zero-order chi connectivity index (χ0) is 15.5. The Labute approximate surface area is 124 Å². The Bertz CT molecular complexity index is 619. The van der Waals surface area contributed by atoms with Crippen molar-refractivity contribution < 1.29 is 22.3 Å². The van der Waals surface area contributed by atoms with E-state index in [1.807, 2.05) is 0 Å². The maximum absolute atomic E-state index is 13.5. The second-order valence-electron chi connectivity index (χ2n) is 5.41. The second-order valence-corrected chi connectivity index (χ2v) is 7.69. The summed E-state index contributed by atoms with van der Waals surface area (Å²) in [5, 5.41) is -0.351. The summed E-state index contributed by atoms with van der Waals surface area (Å²) < 4.78 is 42.8. The van der Waals surface area contributed by atoms with Crippen LogP contribution in [0, 0.1) is 5.82 Å². The molecule has 0 atom stereocenters. The minimum Gasteiger partial charge on any atom is -0.465 e. The Kier molecular flexibility index (Phi) is 4.98. The highest BCUT2D eigenvalue weighted by Gasteiger charge is 2.27. The predicted molar refractivity (Wildman–Crippen MR) is 77.2 cm³/mol. The normalized spacial score (nSPS) is 16.7. The van der Waals surface area contributed by atoms with Gasteiger partial charge in [-0.1, -0.05) is 19.3 Å². The van der Waals surface area contributed by atoms with Crippen molar-refractivity contribution in [2.75, 3.05) is 7.11 Å². The van der Waals surface area contributed by atoms with Gasteiger partial charge in [-0.15, -0.1) is 0 Å². The molecule has 21 heavy (non-hydrogen) atoms. The number of halogens is 1. The van der Waals surface area contributed by atoms with E-state index in [0.29, 0.717) is 18.4 Å². The minimum absolute atomic E-state index is 0.0337. The van der Waals surface area contributed by atoms with Crippen LogP contribution in [0.5, 0.6) is 0 Å². The summed E-state index contributed by atoms with van der Waals surface area (Å²) in [6, 6.07) is 3.59. The molecule has 1 fully saturated rings. The third-order valence-corrected chi connectivity index (χ3v) is 6.03. The average molecular weight is 314 g/mol. The van der Waals surface area contributed by atoms with E-state index in [0.717, 1.165) is 31.4 Å². The van der Waals surface area contributed by atoms with Gasteiger partial charge >= 0.3 is 5.97 Å². The van der Waals surface area contributed by atoms with Crippen LogP contribution in [-0.2, 0) is 20.3 Å². The number of rotatable bonds is 4. The van der Waals surface area contributed by atoms with Gasteiger partial charge in [-0.25, -0.2) is 17.6 Å². The fraction of sp³-hybridized carbons (Fsp3) is 0.533. The van der Waals surface area contributed by atoms with E-state index >= 15 is 0 Å². The maximum atomic E-state index is 13.5. The number of ether oxygens (including phenoxy) is 1. The molecule has 0 saturated heterocycles. The van der Waals surface area contributed by atoms with Crippen molar-refractivity contribution in [2.45, 2.75) is 43.1 Å². The molecule has 0 unspecified atom stereocenters. The van der Waals surface area contributed by atoms with Crippen LogP contribution in [0.2, 0.25) is 0 Å². The Hall–Kier alpha value is -1.43. The Balaban J connectivity index is 2.22. The molecular weight excluding hydrogens is 295 g/mol. The summed E-state index contributed by atoms with van der Waals surface area (Å²) >= 11 is 0. The number of benzene rings is 1. The van der Waals surface area contributed by atoms with Crippen LogP contribution >= 0.6 is 0 Å². The van der Waals surface area contributed by atoms with Crippen LogP contribution in [0.1, 0.15) is 48.0 Å². The first kappa shape index (κ1) is 15.9. The zero-order valence-electron chi connectivity index (χ0n) is 12.0. The molecule has 0 aliphatic heterocycles. The first-order valence-corrected chi connectivity index (χ1v) is 8.73. The largest absolute Gasteiger partial charge is 0.465 e. The lowest BCUT2D eigenvalue weighted by Gasteiger charge is -2.21. The predicted octanol–water partition coefficient (Wildman–Crippen LogP) is 2.86. The third-order valence-electron chi connectivity index (χ3n) is 3.81. The highest BCUT2D eigenvalue weighted by atomic mass is 32.2. The van der Waals surface area contributed by atoms with Gasteiger partial charge in [0.25, 0.3) is 0 Å². The lowest BCUT2D eigenvalue weighted by molar-refractivity contribution is 0.0600. The van der Waals surface area contributed by atoms with Gasteiger partial charge in [-0.3, -0.25) is 0 Å². The van der Waals surface area contributed by atoms with E-state index in [1.165, 1.54) is 13.2 Å². The monoisotopic (exact) mass is 314 g/mol. The number of hydrogen-bond acceptors (Lipinski definition) is 4. The molecule has 116 valence electrons. The lowest BCUT2D eigenvalue weighted by atomic mass is 10.0. The quantitative estimate of drug-likeness (QED) is 0.802. The summed E-state index contributed by atoms with van der Waals surface area (Å²) in [5.74, 6) is -1.54. The van der Waals surface area contributed by atoms with Gasteiger partial charge in [0.2, 0.25) is 0 Å². The first-order chi connectivity index (χ1) is 9.92. The molecule has 0 N–H and O–H groups in total. The van der Waals surface area contributed by atoms with Crippen LogP contribution in [0.3, 0.4) is 0 Å². The van der Waals surface area contributed by atoms with Gasteiger partial charge in [0.15, 0.2) is 9.84 Å². The van der Waals surface area contributed by atoms with Crippen LogP contribution < -0.4 is 0 Å². The second kappa shape index (κ2) is 6.56. The smallest absolute Gasteiger partial charge is 0.337 e. The molecule has 1 aliphatic rings. The Morgan fingerprint density at radius 2 is 1.90 bits per heavy atom. The highest BCUT2D eigenvalue weighted by molar-refractivity contribution is 7.91. The zero-order valence-corrected chi connectivity index (χ0v) is 12.8. The topological polar surface area (TPSA) is 60.4 Å². The van der Waals surface area contributed by atoms with E-state index in [1.54, 1.807) is 0 Å². The van der Waals surface area contributed by atoms with Gasteiger partial charge in [0, 0.05) is 0 Å². The maximum Gasteiger partial charge on any atom is 0.337 e. The fourth-order valence-corrected chi connectivity index (χ4v) is 4.66. The molecule has 0 bridgehead atoms. The van der Waals surface area contributed by atoms with Crippen molar-refractivity contribution in [3.63, 3.8) is 0 Å². The van der Waals surface area contributed by atoms with E-state index < -0.39 is 21.6 Å². The molecule has 6 heteroatoms. The Morgan fingerprint density at radius 1 is 1.24 bits per heavy atom. The molecule has 0 amide bonds. The van der Waals surface area contributed by atoms with Crippen molar-refractivity contribution in [1.29, 1.82) is 0 Å². The van der Waals surface area contributed by atoms with E-state index in [9.17, 15) is 17.6 Å². The van der Waals surface area contributed by atoms with Crippen LogP contribution in [-0.4, -0.2) is 26.7 Å². The summed E-state index contributed by atoms with van der Waals surface area (Å²) in [6.07, 6.45) is 4.24. The van der Waals surface area contributed by atoms with Crippen LogP contribution in [0.4, 0.5) is 4.39 Å². The molecule has 2 rings (SSSR count). The lowest BCUT2D eigenvalue weighted by Crippen LogP contribution is -2.25. The van der Waals surface area contributed by atoms with Gasteiger partial charge < -0.3 is 4.74 Å². The Morgan fingerprint density at radius 3 is 2.52 bits per heavy atom. The van der Waals surface area contributed by atoms with E-state index in [-0.39, 0.29) is 16.6 Å². The number of methoxy groups -OCH3 is 1. The van der Waals surface area contributed by atoms with Crippen molar-refractivity contribution in [1.82, 2.24) is 0 Å². The van der Waals surface area contributed by atoms with Gasteiger partial charge in [0.05, 0.1) is 23.7 Å². The van der Waals surface area contributed by atoms with Crippen molar-refractivity contribution in [2.24, 2.45) is 0 Å². The summed E-state index contributed by atoms with van der Waals surface area (Å²) in [5.41, 5.74) is 0.326. The number of carbonyl (C=O) groups is 1. The summed E-state index contributed by atoms with van der Waals surface area (Å²) in [4.78, 5) is 11.4. The van der Waals surface area contributed by atoms with E-state index in [4.69, 9.17) is 0 Å². The standard InChI is InChI=1S/C15H19FO4S/c1-20-15(17)12-7-11(8-13(16)9-12)10-21(18,19)14-5-3-2-4-6-14/h7-9,14H,2-6,10H2,1H3. The average Bonchev–Trinajstić information content (AvgIpc) is 2.46. The van der Waals surface area contributed by atoms with Crippen LogP contribution in [0.25, 0.3) is 0 Å². The number of hydrogen-bond donors (Lipinski definition) is 0. The molecule has 1 aliphatic carbocycles. The number of esters is 1. The number of carbonyl (C=O) groups excluding carboxylic acids is 1. The van der Waals surface area contributed by atoms with Crippen molar-refractivity contribution >= 4 is 15.8 Å². The van der Waals surface area contributed by atoms with E-state index in [2.05, 4.69) is 4.74 Å². The first-order valence-electron chi connectivity index (χ1n) is 7.02. The highest BCUT2D eigenvalue weighted by Crippen LogP contribution is 2.26. The molecule has 0 aromatic heterocycles. The summed E-state index contributed by atoms with van der Waals surface area (Å²) in [6.45, 7) is 0. The SMILES string of the molecule is COC(=O)c1cc(F)cc(CS(=O)(=O)C2CCCCC2)c1. The minimum atomic E-state index is -3.32. The van der Waals surface area contributed by atoms with Crippen molar-refractivity contribution in [3.8, 4) is 0 Å². The van der Waals surface area contributed by atoms with Gasteiger partial charge in [0.1, 0.15) is 5.82 Å². The molecular formula is C15H19FO4S. The molecule has 0 radical (unpaired) electrons. The van der Waals surface area contributed by atoms with Crippen molar-refractivity contribution in [3.05, 3.63) is 35.1 Å². The molecule has 1 aromatic rings. The van der Waals surface area contributed by atoms with Gasteiger partial charge in [-0.2, -0.15) is 0 Å². The third kappa shape index (κ3) is 4.03. The molecule has 0 heterocycles. The summed E-state index contributed by atoms with van der Waals surface area (Å²) in [7, 11) is -2.12. The molecule has 1 saturated carbocycles. The molecule has 4 nitrogen and oxygen atoms in total. The molecule has 1 aromatic carbocycles. The van der Waals surface area contributed by atoms with Gasteiger partial charge in [-0.05, 0) is 36.6 Å². The fourth-order valence-electron chi connectivity index (χ4n) is 2.74. The number of sulfone groups is 1. The molecule has 0 spiro atoms.